The molecular formula is C10H16N2O3. The van der Waals surface area contributed by atoms with Crippen LogP contribution in [0.5, 0.6) is 0 Å². The molecule has 2 rings (SSSR count). The Balaban J connectivity index is 2.00. The summed E-state index contributed by atoms with van der Waals surface area (Å²) >= 11 is 0. The number of nitrogens with zero attached hydrogens (tertiary/aromatic N) is 1. The van der Waals surface area contributed by atoms with Gasteiger partial charge in [0.05, 0.1) is 6.54 Å². The summed E-state index contributed by atoms with van der Waals surface area (Å²) < 4.78 is 4.65. The molecule has 1 saturated carbocycles. The molecule has 84 valence electrons. The number of carbonyl (C=O) groups is 2. The van der Waals surface area contributed by atoms with Crippen molar-refractivity contribution in [2.45, 2.75) is 37.6 Å². The third-order valence-corrected chi connectivity index (χ3v) is 3.16. The summed E-state index contributed by atoms with van der Waals surface area (Å²) in [5.74, 6) is -0.268. The van der Waals surface area contributed by atoms with E-state index in [2.05, 4.69) is 4.74 Å². The van der Waals surface area contributed by atoms with Crippen LogP contribution in [0, 0.1) is 0 Å². The zero-order valence-electron chi connectivity index (χ0n) is 8.70. The third-order valence-electron chi connectivity index (χ3n) is 3.16. The molecule has 1 heterocycles. The Bertz CT molecular complexity index is 268. The fourth-order valence-corrected chi connectivity index (χ4v) is 2.26. The number of carbonyl (C=O) groups excluding carboxylic acids is 2. The topological polar surface area (TPSA) is 72.6 Å². The predicted octanol–water partition coefficient (Wildman–Crippen LogP) is 0.627. The second kappa shape index (κ2) is 3.81. The summed E-state index contributed by atoms with van der Waals surface area (Å²) in [6, 6.07) is 0. The zero-order chi connectivity index (χ0) is 10.9. The molecule has 2 N–H and O–H groups in total. The van der Waals surface area contributed by atoms with Crippen LogP contribution in [0.3, 0.4) is 0 Å². The van der Waals surface area contributed by atoms with Gasteiger partial charge in [0.2, 0.25) is 0 Å². The smallest absolute Gasteiger partial charge is 0.417 e. The highest BCUT2D eigenvalue weighted by Gasteiger charge is 2.38. The summed E-state index contributed by atoms with van der Waals surface area (Å²) in [5, 5.41) is 0. The first kappa shape index (κ1) is 10.4. The van der Waals surface area contributed by atoms with Crippen LogP contribution >= 0.6 is 0 Å². The van der Waals surface area contributed by atoms with Crippen LogP contribution in [0.25, 0.3) is 0 Å². The molecule has 1 aliphatic carbocycles. The van der Waals surface area contributed by atoms with Crippen molar-refractivity contribution >= 4 is 12.0 Å². The second-order valence-corrected chi connectivity index (χ2v) is 4.46. The number of hydrogen-bond acceptors (Lipinski definition) is 4. The Morgan fingerprint density at radius 1 is 1.27 bits per heavy atom. The van der Waals surface area contributed by atoms with Gasteiger partial charge in [0.1, 0.15) is 0 Å². The van der Waals surface area contributed by atoms with Crippen molar-refractivity contribution in [3.8, 4) is 0 Å². The Labute approximate surface area is 88.5 Å². The first-order valence-electron chi connectivity index (χ1n) is 5.37. The SMILES string of the molecule is NC1(CN2C(=O)COC2=O)CCCCC1. The van der Waals surface area contributed by atoms with Crippen molar-refractivity contribution in [1.29, 1.82) is 0 Å². The number of hydrogen-bond donors (Lipinski definition) is 1. The highest BCUT2D eigenvalue weighted by Crippen LogP contribution is 2.27. The van der Waals surface area contributed by atoms with Gasteiger partial charge >= 0.3 is 6.09 Å². The summed E-state index contributed by atoms with van der Waals surface area (Å²) in [6.45, 7) is 0.180. The van der Waals surface area contributed by atoms with Crippen molar-refractivity contribution in [2.75, 3.05) is 13.2 Å². The molecule has 0 unspecified atom stereocenters. The van der Waals surface area contributed by atoms with Gasteiger partial charge in [-0.05, 0) is 12.8 Å². The van der Waals surface area contributed by atoms with Crippen LogP contribution < -0.4 is 5.73 Å². The van der Waals surface area contributed by atoms with Crippen LogP contribution in [0.2, 0.25) is 0 Å². The maximum Gasteiger partial charge on any atom is 0.417 e. The highest BCUT2D eigenvalue weighted by molar-refractivity contribution is 5.97. The minimum atomic E-state index is -0.546. The van der Waals surface area contributed by atoms with Crippen LogP contribution in [0.4, 0.5) is 4.79 Å². The van der Waals surface area contributed by atoms with Gasteiger partial charge in [0.25, 0.3) is 5.91 Å². The average molecular weight is 212 g/mol. The lowest BCUT2D eigenvalue weighted by molar-refractivity contribution is -0.126. The van der Waals surface area contributed by atoms with Gasteiger partial charge in [-0.3, -0.25) is 4.79 Å². The Kier molecular flexibility index (Phi) is 2.65. The van der Waals surface area contributed by atoms with E-state index in [1.807, 2.05) is 0 Å². The van der Waals surface area contributed by atoms with E-state index in [0.717, 1.165) is 30.6 Å². The molecule has 2 fully saturated rings. The van der Waals surface area contributed by atoms with Crippen molar-refractivity contribution in [1.82, 2.24) is 4.90 Å². The number of ether oxygens (including phenoxy) is 1. The normalized spacial score (nSPS) is 25.5. The average Bonchev–Trinajstić information content (AvgIpc) is 2.50. The van der Waals surface area contributed by atoms with E-state index in [1.165, 1.54) is 6.42 Å². The van der Waals surface area contributed by atoms with Crippen LogP contribution in [0.15, 0.2) is 0 Å². The van der Waals surface area contributed by atoms with E-state index in [0.29, 0.717) is 6.54 Å². The number of rotatable bonds is 2. The maximum atomic E-state index is 11.3. The zero-order valence-corrected chi connectivity index (χ0v) is 8.70. The molecule has 5 heteroatoms. The minimum absolute atomic E-state index is 0.130. The minimum Gasteiger partial charge on any atom is -0.439 e. The fourth-order valence-electron chi connectivity index (χ4n) is 2.26. The fraction of sp³-hybridized carbons (Fsp3) is 0.800. The Hall–Kier alpha value is -1.10. The number of imide groups is 1. The van der Waals surface area contributed by atoms with Crippen LogP contribution in [-0.4, -0.2) is 35.6 Å². The Morgan fingerprint density at radius 2 is 1.93 bits per heavy atom. The molecule has 0 aromatic heterocycles. The van der Waals surface area contributed by atoms with Crippen molar-refractivity contribution < 1.29 is 14.3 Å². The summed E-state index contributed by atoms with van der Waals surface area (Å²) in [6.07, 6.45) is 4.56. The first-order chi connectivity index (χ1) is 7.11. The molecule has 15 heavy (non-hydrogen) atoms. The second-order valence-electron chi connectivity index (χ2n) is 4.46. The summed E-state index contributed by atoms with van der Waals surface area (Å²) in [7, 11) is 0. The lowest BCUT2D eigenvalue weighted by atomic mass is 9.82. The maximum absolute atomic E-state index is 11.3. The van der Waals surface area contributed by atoms with E-state index in [4.69, 9.17) is 5.73 Å². The predicted molar refractivity (Wildman–Crippen MR) is 53.1 cm³/mol. The molecule has 0 radical (unpaired) electrons. The largest absolute Gasteiger partial charge is 0.439 e. The number of amides is 2. The van der Waals surface area contributed by atoms with Crippen molar-refractivity contribution in [3.63, 3.8) is 0 Å². The molecule has 2 amide bonds. The summed E-state index contributed by atoms with van der Waals surface area (Å²) in [4.78, 5) is 23.7. The first-order valence-corrected chi connectivity index (χ1v) is 5.37. The van der Waals surface area contributed by atoms with Gasteiger partial charge in [0.15, 0.2) is 6.61 Å². The van der Waals surface area contributed by atoms with Gasteiger partial charge in [-0.1, -0.05) is 19.3 Å². The van der Waals surface area contributed by atoms with Gasteiger partial charge < -0.3 is 10.5 Å². The molecule has 0 atom stereocenters. The molecular weight excluding hydrogens is 196 g/mol. The molecule has 5 nitrogen and oxygen atoms in total. The van der Waals surface area contributed by atoms with Crippen LogP contribution in [0.1, 0.15) is 32.1 Å². The molecule has 2 aliphatic rings. The molecule has 0 spiro atoms. The molecule has 1 saturated heterocycles. The number of nitrogens with two attached hydrogens (primary N) is 1. The van der Waals surface area contributed by atoms with E-state index >= 15 is 0 Å². The van der Waals surface area contributed by atoms with Crippen molar-refractivity contribution in [2.24, 2.45) is 5.73 Å². The van der Waals surface area contributed by atoms with Gasteiger partial charge in [0, 0.05) is 5.54 Å². The number of cyclic esters (lactones) is 1. The molecule has 0 bridgehead atoms. The monoisotopic (exact) mass is 212 g/mol. The standard InChI is InChI=1S/C10H16N2O3/c11-10(4-2-1-3-5-10)7-12-8(13)6-15-9(12)14/h1-7,11H2. The lowest BCUT2D eigenvalue weighted by Gasteiger charge is -2.35. The third kappa shape index (κ3) is 2.12. The lowest BCUT2D eigenvalue weighted by Crippen LogP contribution is -2.52. The highest BCUT2D eigenvalue weighted by atomic mass is 16.6. The van der Waals surface area contributed by atoms with Crippen molar-refractivity contribution in [3.05, 3.63) is 0 Å². The Morgan fingerprint density at radius 3 is 2.47 bits per heavy atom. The van der Waals surface area contributed by atoms with Gasteiger partial charge in [-0.2, -0.15) is 0 Å². The van der Waals surface area contributed by atoms with E-state index < -0.39 is 11.6 Å². The summed E-state index contributed by atoms with van der Waals surface area (Å²) in [5.41, 5.74) is 5.77. The molecule has 0 aromatic carbocycles. The van der Waals surface area contributed by atoms with E-state index in [1.54, 1.807) is 0 Å². The molecule has 1 aliphatic heterocycles. The van der Waals surface area contributed by atoms with E-state index in [-0.39, 0.29) is 12.5 Å². The quantitative estimate of drug-likeness (QED) is 0.728. The van der Waals surface area contributed by atoms with Crippen LogP contribution in [-0.2, 0) is 9.53 Å². The van der Waals surface area contributed by atoms with Gasteiger partial charge in [-0.25, -0.2) is 9.69 Å². The molecule has 0 aromatic rings. The van der Waals surface area contributed by atoms with Gasteiger partial charge in [-0.15, -0.1) is 0 Å². The van der Waals surface area contributed by atoms with E-state index in [9.17, 15) is 9.59 Å².